The predicted octanol–water partition coefficient (Wildman–Crippen LogP) is 3.57. The smallest absolute Gasteiger partial charge is 0.131 e. The van der Waals surface area contributed by atoms with Crippen LogP contribution in [-0.4, -0.2) is 11.5 Å². The zero-order chi connectivity index (χ0) is 12.3. The Morgan fingerprint density at radius 1 is 1.53 bits per heavy atom. The van der Waals surface area contributed by atoms with Gasteiger partial charge >= 0.3 is 0 Å². The molecule has 2 rings (SSSR count). The van der Waals surface area contributed by atoms with Gasteiger partial charge in [0.05, 0.1) is 12.5 Å². The second-order valence-electron chi connectivity index (χ2n) is 4.72. The van der Waals surface area contributed by atoms with E-state index in [1.165, 1.54) is 18.4 Å². The van der Waals surface area contributed by atoms with E-state index in [2.05, 4.69) is 29.4 Å². The maximum absolute atomic E-state index is 8.48. The van der Waals surface area contributed by atoms with E-state index < -0.39 is 0 Å². The number of rotatable bonds is 4. The average Bonchev–Trinajstić information content (AvgIpc) is 2.24. The number of aromatic nitrogens is 1. The number of nitrogens with one attached hydrogen (secondary N) is 1. The summed E-state index contributed by atoms with van der Waals surface area (Å²) in [6.45, 7) is 2.88. The van der Waals surface area contributed by atoms with E-state index in [1.54, 1.807) is 0 Å². The molecule has 1 saturated carbocycles. The molecule has 1 aliphatic carbocycles. The lowest BCUT2D eigenvalue weighted by Crippen LogP contribution is -2.19. The van der Waals surface area contributed by atoms with Crippen LogP contribution in [-0.2, 0) is 0 Å². The van der Waals surface area contributed by atoms with Gasteiger partial charge in [0.2, 0.25) is 0 Å². The van der Waals surface area contributed by atoms with Gasteiger partial charge in [-0.2, -0.15) is 5.26 Å². The van der Waals surface area contributed by atoms with Crippen molar-refractivity contribution < 1.29 is 0 Å². The highest BCUT2D eigenvalue weighted by atomic mass is 35.5. The van der Waals surface area contributed by atoms with Gasteiger partial charge in [0, 0.05) is 6.54 Å². The summed E-state index contributed by atoms with van der Waals surface area (Å²) < 4.78 is 0. The van der Waals surface area contributed by atoms with Crippen LogP contribution >= 0.6 is 11.6 Å². The van der Waals surface area contributed by atoms with E-state index in [4.69, 9.17) is 16.9 Å². The van der Waals surface area contributed by atoms with Crippen molar-refractivity contribution in [1.29, 1.82) is 5.26 Å². The molecule has 0 amide bonds. The van der Waals surface area contributed by atoms with E-state index in [0.29, 0.717) is 24.0 Å². The Morgan fingerprint density at radius 3 is 2.94 bits per heavy atom. The van der Waals surface area contributed by atoms with Crippen LogP contribution in [0.25, 0.3) is 0 Å². The standard InChI is InChI=1S/C13H16ClN3/c1-9-5-10(6-9)11-7-12(14)17-13(8-11)16-4-2-3-15/h7-10H,2,4-6H2,1H3,(H,16,17)/t9-,10-. The van der Waals surface area contributed by atoms with Crippen molar-refractivity contribution in [2.24, 2.45) is 5.92 Å². The molecule has 4 heteroatoms. The van der Waals surface area contributed by atoms with Crippen LogP contribution < -0.4 is 5.32 Å². The quantitative estimate of drug-likeness (QED) is 0.656. The largest absolute Gasteiger partial charge is 0.369 e. The number of nitriles is 1. The van der Waals surface area contributed by atoms with Crippen LogP contribution in [0.5, 0.6) is 0 Å². The molecule has 0 bridgehead atoms. The van der Waals surface area contributed by atoms with E-state index >= 15 is 0 Å². The summed E-state index contributed by atoms with van der Waals surface area (Å²) in [5.74, 6) is 2.23. The van der Waals surface area contributed by atoms with Crippen LogP contribution in [0.1, 0.15) is 37.7 Å². The molecule has 0 spiro atoms. The Labute approximate surface area is 107 Å². The van der Waals surface area contributed by atoms with Crippen LogP contribution in [0, 0.1) is 17.2 Å². The molecule has 90 valence electrons. The fraction of sp³-hybridized carbons (Fsp3) is 0.538. The highest BCUT2D eigenvalue weighted by Crippen LogP contribution is 2.42. The van der Waals surface area contributed by atoms with Gasteiger partial charge in [-0.3, -0.25) is 0 Å². The molecule has 0 saturated heterocycles. The minimum atomic E-state index is 0.476. The van der Waals surface area contributed by atoms with Crippen molar-refractivity contribution in [2.45, 2.75) is 32.1 Å². The van der Waals surface area contributed by atoms with Gasteiger partial charge in [0.25, 0.3) is 0 Å². The first-order valence-electron chi connectivity index (χ1n) is 5.97. The summed E-state index contributed by atoms with van der Waals surface area (Å²) in [7, 11) is 0. The molecule has 0 radical (unpaired) electrons. The van der Waals surface area contributed by atoms with Crippen molar-refractivity contribution in [1.82, 2.24) is 4.98 Å². The maximum Gasteiger partial charge on any atom is 0.131 e. The normalized spacial score (nSPS) is 22.6. The minimum absolute atomic E-state index is 0.476. The number of hydrogen-bond donors (Lipinski definition) is 1. The minimum Gasteiger partial charge on any atom is -0.369 e. The summed E-state index contributed by atoms with van der Waals surface area (Å²) in [4.78, 5) is 4.21. The van der Waals surface area contributed by atoms with Crippen molar-refractivity contribution in [2.75, 3.05) is 11.9 Å². The van der Waals surface area contributed by atoms with Crippen LogP contribution in [0.15, 0.2) is 12.1 Å². The number of pyridine rings is 1. The number of halogens is 1. The zero-order valence-corrected chi connectivity index (χ0v) is 10.7. The molecular formula is C13H16ClN3. The van der Waals surface area contributed by atoms with Crippen molar-refractivity contribution in [3.8, 4) is 6.07 Å². The molecule has 0 atom stereocenters. The lowest BCUT2D eigenvalue weighted by atomic mass is 9.73. The molecule has 1 heterocycles. The third-order valence-electron chi connectivity index (χ3n) is 3.20. The first-order valence-corrected chi connectivity index (χ1v) is 6.35. The molecule has 1 aromatic heterocycles. The number of hydrogen-bond acceptors (Lipinski definition) is 3. The van der Waals surface area contributed by atoms with Gasteiger partial charge < -0.3 is 5.32 Å². The maximum atomic E-state index is 8.48. The second kappa shape index (κ2) is 5.37. The summed E-state index contributed by atoms with van der Waals surface area (Å²) >= 11 is 6.01. The molecule has 1 N–H and O–H groups in total. The number of anilines is 1. The van der Waals surface area contributed by atoms with E-state index in [9.17, 15) is 0 Å². The molecule has 17 heavy (non-hydrogen) atoms. The Kier molecular flexibility index (Phi) is 3.86. The van der Waals surface area contributed by atoms with E-state index in [1.807, 2.05) is 6.07 Å². The molecule has 1 aromatic rings. The topological polar surface area (TPSA) is 48.7 Å². The van der Waals surface area contributed by atoms with Gasteiger partial charge in [-0.1, -0.05) is 18.5 Å². The fourth-order valence-corrected chi connectivity index (χ4v) is 2.48. The predicted molar refractivity (Wildman–Crippen MR) is 69.1 cm³/mol. The molecule has 0 unspecified atom stereocenters. The third-order valence-corrected chi connectivity index (χ3v) is 3.40. The molecule has 0 aromatic carbocycles. The fourth-order valence-electron chi connectivity index (χ4n) is 2.26. The lowest BCUT2D eigenvalue weighted by Gasteiger charge is -2.33. The summed E-state index contributed by atoms with van der Waals surface area (Å²) in [5.41, 5.74) is 1.27. The van der Waals surface area contributed by atoms with Gasteiger partial charge in [-0.25, -0.2) is 4.98 Å². The Balaban J connectivity index is 2.04. The van der Waals surface area contributed by atoms with E-state index in [-0.39, 0.29) is 0 Å². The molecule has 3 nitrogen and oxygen atoms in total. The summed E-state index contributed by atoms with van der Waals surface area (Å²) in [6.07, 6.45) is 2.94. The van der Waals surface area contributed by atoms with Gasteiger partial charge in [-0.05, 0) is 42.4 Å². The summed E-state index contributed by atoms with van der Waals surface area (Å²) in [5, 5.41) is 12.1. The van der Waals surface area contributed by atoms with Crippen LogP contribution in [0.3, 0.4) is 0 Å². The third kappa shape index (κ3) is 3.10. The average molecular weight is 250 g/mol. The van der Waals surface area contributed by atoms with Crippen molar-refractivity contribution in [3.05, 3.63) is 22.8 Å². The monoisotopic (exact) mass is 249 g/mol. The van der Waals surface area contributed by atoms with Crippen molar-refractivity contribution >= 4 is 17.4 Å². The Bertz CT molecular complexity index is 433. The highest BCUT2D eigenvalue weighted by molar-refractivity contribution is 6.29. The van der Waals surface area contributed by atoms with Gasteiger partial charge in [-0.15, -0.1) is 0 Å². The molecular weight excluding hydrogens is 234 g/mol. The van der Waals surface area contributed by atoms with Gasteiger partial charge in [0.15, 0.2) is 0 Å². The zero-order valence-electron chi connectivity index (χ0n) is 9.91. The summed E-state index contributed by atoms with van der Waals surface area (Å²) in [6, 6.07) is 6.10. The number of nitrogens with zero attached hydrogens (tertiary/aromatic N) is 2. The lowest BCUT2D eigenvalue weighted by molar-refractivity contribution is 0.288. The highest BCUT2D eigenvalue weighted by Gasteiger charge is 2.27. The Morgan fingerprint density at radius 2 is 2.29 bits per heavy atom. The second-order valence-corrected chi connectivity index (χ2v) is 5.10. The molecule has 0 aliphatic heterocycles. The Hall–Kier alpha value is -1.27. The van der Waals surface area contributed by atoms with Crippen LogP contribution in [0.2, 0.25) is 5.15 Å². The SMILES string of the molecule is C[C@H]1C[C@H](c2cc(Cl)nc(NCCC#N)c2)C1. The van der Waals surface area contributed by atoms with E-state index in [0.717, 1.165) is 11.7 Å². The first-order chi connectivity index (χ1) is 8.19. The molecule has 1 aliphatic rings. The molecule has 1 fully saturated rings. The van der Waals surface area contributed by atoms with Gasteiger partial charge in [0.1, 0.15) is 11.0 Å². The van der Waals surface area contributed by atoms with Crippen LogP contribution in [0.4, 0.5) is 5.82 Å². The van der Waals surface area contributed by atoms with Crippen molar-refractivity contribution in [3.63, 3.8) is 0 Å². The first kappa shape index (κ1) is 12.2.